The van der Waals surface area contributed by atoms with Crippen molar-refractivity contribution in [3.05, 3.63) is 12.2 Å². The molecule has 0 saturated carbocycles. The van der Waals surface area contributed by atoms with Gasteiger partial charge in [0, 0.05) is 19.4 Å². The Hall–Kier alpha value is -1.54. The number of hydrogen-bond donors (Lipinski definition) is 2. The van der Waals surface area contributed by atoms with E-state index in [0.29, 0.717) is 12.4 Å². The van der Waals surface area contributed by atoms with Gasteiger partial charge in [-0.25, -0.2) is 9.69 Å². The maximum atomic E-state index is 11.3. The van der Waals surface area contributed by atoms with Crippen LogP contribution in [0.15, 0.2) is 16.5 Å². The van der Waals surface area contributed by atoms with Gasteiger partial charge in [0.05, 0.1) is 0 Å². The van der Waals surface area contributed by atoms with Gasteiger partial charge in [0.1, 0.15) is 5.84 Å². The van der Waals surface area contributed by atoms with Crippen molar-refractivity contribution < 1.29 is 18.1 Å². The highest BCUT2D eigenvalue weighted by Crippen LogP contribution is 2.11. The molecule has 160 valence electrons. The molecule has 0 aromatic rings. The maximum Gasteiger partial charge on any atom is 0.309 e. The summed E-state index contributed by atoms with van der Waals surface area (Å²) >= 11 is -1.53. The number of Topliss-reactive ketones (excluding diaryl/α,β-unsaturated/α-hetero) is 1. The Morgan fingerprint density at radius 3 is 2.21 bits per heavy atom. The number of carbonyl (C=O) groups excluding carboxylic acids is 2. The number of allylic oxidation sites excluding steroid dienone is 2. The Balaban J connectivity index is 1.78. The minimum atomic E-state index is -1.53. The summed E-state index contributed by atoms with van der Waals surface area (Å²) < 4.78 is 19.4. The molecule has 1 heterocycles. The third-order valence-electron chi connectivity index (χ3n) is 4.52. The van der Waals surface area contributed by atoms with Crippen LogP contribution >= 0.6 is 0 Å². The molecule has 1 aliphatic rings. The SMILES string of the molecule is CCC(=O)C(=O)NCCCC/C=C\CCCCCCCCCC1=NS(=O)ON1. The van der Waals surface area contributed by atoms with Crippen LogP contribution in [-0.2, 0) is 25.1 Å². The number of ketones is 1. The molecule has 28 heavy (non-hydrogen) atoms. The average molecular weight is 414 g/mol. The van der Waals surface area contributed by atoms with Gasteiger partial charge in [-0.15, -0.1) is 4.40 Å². The monoisotopic (exact) mass is 413 g/mol. The van der Waals surface area contributed by atoms with E-state index >= 15 is 0 Å². The summed E-state index contributed by atoms with van der Waals surface area (Å²) in [5.41, 5.74) is 2.58. The molecule has 0 spiro atoms. The zero-order chi connectivity index (χ0) is 20.5. The summed E-state index contributed by atoms with van der Waals surface area (Å²) in [6, 6.07) is 0. The molecule has 0 aromatic heterocycles. The minimum absolute atomic E-state index is 0.266. The van der Waals surface area contributed by atoms with Crippen LogP contribution in [0.3, 0.4) is 0 Å². The van der Waals surface area contributed by atoms with Crippen LogP contribution in [0.4, 0.5) is 0 Å². The van der Waals surface area contributed by atoms with Crippen molar-refractivity contribution in [2.24, 2.45) is 4.40 Å². The molecule has 1 aliphatic heterocycles. The van der Waals surface area contributed by atoms with E-state index in [-0.39, 0.29) is 12.2 Å². The zero-order valence-electron chi connectivity index (χ0n) is 17.0. The maximum absolute atomic E-state index is 11.3. The molecule has 0 aliphatic carbocycles. The first-order valence-electron chi connectivity index (χ1n) is 10.5. The van der Waals surface area contributed by atoms with Gasteiger partial charge >= 0.3 is 11.3 Å². The van der Waals surface area contributed by atoms with Crippen molar-refractivity contribution in [1.29, 1.82) is 0 Å². The van der Waals surface area contributed by atoms with E-state index in [1.807, 2.05) is 0 Å². The highest BCUT2D eigenvalue weighted by atomic mass is 32.2. The standard InChI is InChI=1S/C20H35N3O4S/c1-2-18(24)20(25)21-17-15-13-11-9-7-5-3-4-6-8-10-12-14-16-19-22-27-28(26)23-19/h7,9H,2-6,8,10-17H2,1H3,(H,21,25)(H,22,23)/b9-7-. The lowest BCUT2D eigenvalue weighted by Gasteiger charge is -2.02. The van der Waals surface area contributed by atoms with Crippen molar-refractivity contribution in [3.63, 3.8) is 0 Å². The smallest absolute Gasteiger partial charge is 0.309 e. The molecular formula is C20H35N3O4S. The molecule has 1 amide bonds. The average Bonchev–Trinajstić information content (AvgIpc) is 3.11. The second kappa shape index (κ2) is 16.4. The van der Waals surface area contributed by atoms with Gasteiger partial charge in [0.2, 0.25) is 5.78 Å². The molecule has 0 aromatic carbocycles. The molecular weight excluding hydrogens is 378 g/mol. The first-order valence-corrected chi connectivity index (χ1v) is 11.6. The van der Waals surface area contributed by atoms with E-state index in [1.165, 1.54) is 38.5 Å². The molecule has 2 N–H and O–H groups in total. The van der Waals surface area contributed by atoms with Gasteiger partial charge in [0.15, 0.2) is 0 Å². The van der Waals surface area contributed by atoms with Crippen LogP contribution in [0.2, 0.25) is 0 Å². The normalized spacial score (nSPS) is 16.2. The van der Waals surface area contributed by atoms with Crippen molar-refractivity contribution in [1.82, 2.24) is 10.8 Å². The number of unbranched alkanes of at least 4 members (excludes halogenated alkanes) is 9. The second-order valence-corrected chi connectivity index (χ2v) is 7.74. The van der Waals surface area contributed by atoms with E-state index < -0.39 is 17.2 Å². The highest BCUT2D eigenvalue weighted by molar-refractivity contribution is 7.79. The van der Waals surface area contributed by atoms with Crippen LogP contribution in [0, 0.1) is 0 Å². The molecule has 0 bridgehead atoms. The number of rotatable bonds is 17. The summed E-state index contributed by atoms with van der Waals surface area (Å²) in [6.45, 7) is 2.27. The number of amidine groups is 1. The quantitative estimate of drug-likeness (QED) is 0.215. The summed E-state index contributed by atoms with van der Waals surface area (Å²) in [4.78, 5) is 22.4. The topological polar surface area (TPSA) is 96.9 Å². The van der Waals surface area contributed by atoms with Gasteiger partial charge in [-0.1, -0.05) is 51.2 Å². The largest absolute Gasteiger partial charge is 0.350 e. The Morgan fingerprint density at radius 2 is 1.61 bits per heavy atom. The van der Waals surface area contributed by atoms with Gasteiger partial charge in [-0.3, -0.25) is 9.59 Å². The predicted molar refractivity (Wildman–Crippen MR) is 113 cm³/mol. The predicted octanol–water partition coefficient (Wildman–Crippen LogP) is 3.83. The lowest BCUT2D eigenvalue weighted by molar-refractivity contribution is -0.137. The molecule has 1 unspecified atom stereocenters. The molecule has 7 nitrogen and oxygen atoms in total. The number of carbonyl (C=O) groups is 2. The van der Waals surface area contributed by atoms with E-state index in [0.717, 1.165) is 38.5 Å². The Kier molecular flexibility index (Phi) is 14.4. The fourth-order valence-corrected chi connectivity index (χ4v) is 3.34. The van der Waals surface area contributed by atoms with Crippen LogP contribution in [0.25, 0.3) is 0 Å². The third kappa shape index (κ3) is 12.8. The van der Waals surface area contributed by atoms with Crippen LogP contribution in [0.1, 0.15) is 90.4 Å². The Labute approximate surface area is 171 Å². The van der Waals surface area contributed by atoms with Crippen LogP contribution in [0.5, 0.6) is 0 Å². The lowest BCUT2D eigenvalue weighted by atomic mass is 10.1. The fraction of sp³-hybridized carbons (Fsp3) is 0.750. The van der Waals surface area contributed by atoms with E-state index in [9.17, 15) is 13.8 Å². The fourth-order valence-electron chi connectivity index (χ4n) is 2.83. The highest BCUT2D eigenvalue weighted by Gasteiger charge is 2.11. The zero-order valence-corrected chi connectivity index (χ0v) is 17.9. The Morgan fingerprint density at radius 1 is 1.00 bits per heavy atom. The van der Waals surface area contributed by atoms with E-state index in [4.69, 9.17) is 0 Å². The van der Waals surface area contributed by atoms with Crippen molar-refractivity contribution >= 4 is 28.8 Å². The first kappa shape index (κ1) is 24.5. The van der Waals surface area contributed by atoms with Gasteiger partial charge in [-0.05, 0) is 38.5 Å². The van der Waals surface area contributed by atoms with E-state index in [1.54, 1.807) is 6.92 Å². The van der Waals surface area contributed by atoms with Gasteiger partial charge in [0.25, 0.3) is 5.91 Å². The summed E-state index contributed by atoms with van der Waals surface area (Å²) in [5.74, 6) is -0.0999. The van der Waals surface area contributed by atoms with Crippen LogP contribution in [-0.4, -0.2) is 28.3 Å². The lowest BCUT2D eigenvalue weighted by Crippen LogP contribution is -2.31. The van der Waals surface area contributed by atoms with E-state index in [2.05, 4.69) is 31.6 Å². The summed E-state index contributed by atoms with van der Waals surface area (Å²) in [7, 11) is 0. The van der Waals surface area contributed by atoms with Gasteiger partial charge in [-0.2, -0.15) is 4.28 Å². The second-order valence-electron chi connectivity index (χ2n) is 6.95. The summed E-state index contributed by atoms with van der Waals surface area (Å²) in [5, 5.41) is 2.65. The number of hydroxylamine groups is 1. The van der Waals surface area contributed by atoms with Gasteiger partial charge < -0.3 is 5.32 Å². The van der Waals surface area contributed by atoms with Crippen molar-refractivity contribution in [2.75, 3.05) is 6.54 Å². The minimum Gasteiger partial charge on any atom is -0.350 e. The molecule has 1 rings (SSSR count). The molecule has 0 fully saturated rings. The van der Waals surface area contributed by atoms with Crippen molar-refractivity contribution in [2.45, 2.75) is 90.4 Å². The number of nitrogens with one attached hydrogen (secondary N) is 2. The van der Waals surface area contributed by atoms with Crippen LogP contribution < -0.4 is 10.8 Å². The molecule has 0 radical (unpaired) electrons. The third-order valence-corrected chi connectivity index (χ3v) is 5.12. The summed E-state index contributed by atoms with van der Waals surface area (Å²) in [6.07, 6.45) is 18.1. The van der Waals surface area contributed by atoms with Crippen molar-refractivity contribution in [3.8, 4) is 0 Å². The number of amides is 1. The Bertz CT molecular complexity index is 550. The number of hydrogen-bond acceptors (Lipinski definition) is 5. The number of nitrogens with zero attached hydrogens (tertiary/aromatic N) is 1. The first-order chi connectivity index (χ1) is 13.6. The molecule has 8 heteroatoms. The molecule has 1 atom stereocenters. The molecule has 0 saturated heterocycles.